The first-order chi connectivity index (χ1) is 8.32. The highest BCUT2D eigenvalue weighted by atomic mass is 32.1. The van der Waals surface area contributed by atoms with Gasteiger partial charge in [-0.05, 0) is 18.2 Å². The Bertz CT molecular complexity index is 476. The standard InChI is InChI=1S/C12H16FN3OS/c1-15(2)11(17)7-16(3)10-5-4-8(12(14)18)6-9(10)13/h4-6H,7H2,1-3H3,(H2,14,18). The van der Waals surface area contributed by atoms with E-state index in [2.05, 4.69) is 0 Å². The van der Waals surface area contributed by atoms with Gasteiger partial charge in [0.15, 0.2) is 0 Å². The number of hydrogen-bond acceptors (Lipinski definition) is 3. The fraction of sp³-hybridized carbons (Fsp3) is 0.333. The molecule has 1 amide bonds. The molecule has 0 saturated carbocycles. The molecule has 0 aliphatic rings. The monoisotopic (exact) mass is 269 g/mol. The zero-order valence-electron chi connectivity index (χ0n) is 10.6. The lowest BCUT2D eigenvalue weighted by Gasteiger charge is -2.21. The number of carbonyl (C=O) groups is 1. The Morgan fingerprint density at radius 2 is 2.00 bits per heavy atom. The predicted molar refractivity (Wildman–Crippen MR) is 74.3 cm³/mol. The summed E-state index contributed by atoms with van der Waals surface area (Å²) in [5.41, 5.74) is 6.23. The van der Waals surface area contributed by atoms with Gasteiger partial charge in [0.2, 0.25) is 5.91 Å². The summed E-state index contributed by atoms with van der Waals surface area (Å²) >= 11 is 4.77. The molecular formula is C12H16FN3OS. The number of anilines is 1. The second-order valence-electron chi connectivity index (χ2n) is 4.17. The van der Waals surface area contributed by atoms with Gasteiger partial charge in [0, 0.05) is 26.7 Å². The number of rotatable bonds is 4. The normalized spacial score (nSPS) is 10.0. The molecule has 0 fully saturated rings. The topological polar surface area (TPSA) is 49.6 Å². The van der Waals surface area contributed by atoms with E-state index in [1.54, 1.807) is 38.2 Å². The fourth-order valence-electron chi connectivity index (χ4n) is 1.40. The molecule has 1 aromatic carbocycles. The van der Waals surface area contributed by atoms with Crippen LogP contribution in [-0.4, -0.2) is 43.5 Å². The van der Waals surface area contributed by atoms with Crippen LogP contribution in [0.3, 0.4) is 0 Å². The van der Waals surface area contributed by atoms with Gasteiger partial charge in [-0.2, -0.15) is 0 Å². The van der Waals surface area contributed by atoms with Crippen molar-refractivity contribution in [2.75, 3.05) is 32.6 Å². The molecule has 0 bridgehead atoms. The third kappa shape index (κ3) is 3.40. The number of hydrogen-bond donors (Lipinski definition) is 1. The van der Waals surface area contributed by atoms with Crippen LogP contribution in [0.4, 0.5) is 10.1 Å². The largest absolute Gasteiger partial charge is 0.389 e. The highest BCUT2D eigenvalue weighted by molar-refractivity contribution is 7.80. The summed E-state index contributed by atoms with van der Waals surface area (Å²) in [6, 6.07) is 4.47. The van der Waals surface area contributed by atoms with Gasteiger partial charge >= 0.3 is 0 Å². The number of amides is 1. The van der Waals surface area contributed by atoms with Gasteiger partial charge in [0.25, 0.3) is 0 Å². The molecule has 0 spiro atoms. The first kappa shape index (κ1) is 14.4. The van der Waals surface area contributed by atoms with Gasteiger partial charge in [-0.1, -0.05) is 12.2 Å². The van der Waals surface area contributed by atoms with Gasteiger partial charge in [0.1, 0.15) is 10.8 Å². The Labute approximate surface area is 111 Å². The van der Waals surface area contributed by atoms with Crippen LogP contribution >= 0.6 is 12.2 Å². The summed E-state index contributed by atoms with van der Waals surface area (Å²) in [4.78, 5) is 14.7. The zero-order chi connectivity index (χ0) is 13.9. The van der Waals surface area contributed by atoms with E-state index in [1.807, 2.05) is 0 Å². The van der Waals surface area contributed by atoms with E-state index in [1.165, 1.54) is 11.0 Å². The Morgan fingerprint density at radius 1 is 1.39 bits per heavy atom. The predicted octanol–water partition coefficient (Wildman–Crippen LogP) is 0.984. The van der Waals surface area contributed by atoms with Crippen LogP contribution in [0.15, 0.2) is 18.2 Å². The Balaban J connectivity index is 2.90. The average Bonchev–Trinajstić information content (AvgIpc) is 2.28. The maximum absolute atomic E-state index is 13.8. The van der Waals surface area contributed by atoms with Crippen molar-refractivity contribution in [2.45, 2.75) is 0 Å². The van der Waals surface area contributed by atoms with Crippen LogP contribution in [0, 0.1) is 5.82 Å². The van der Waals surface area contributed by atoms with Crippen LogP contribution in [0.25, 0.3) is 0 Å². The molecule has 0 atom stereocenters. The van der Waals surface area contributed by atoms with Gasteiger partial charge < -0.3 is 15.5 Å². The summed E-state index contributed by atoms with van der Waals surface area (Å²) in [5.74, 6) is -0.551. The second-order valence-corrected chi connectivity index (χ2v) is 4.61. The van der Waals surface area contributed by atoms with Crippen LogP contribution in [0.2, 0.25) is 0 Å². The summed E-state index contributed by atoms with van der Waals surface area (Å²) in [7, 11) is 4.96. The number of benzene rings is 1. The molecule has 0 radical (unpaired) electrons. The third-order valence-electron chi connectivity index (χ3n) is 2.51. The second kappa shape index (κ2) is 5.77. The summed E-state index contributed by atoms with van der Waals surface area (Å²) in [6.07, 6.45) is 0. The number of nitrogens with two attached hydrogens (primary N) is 1. The van der Waals surface area contributed by atoms with Crippen molar-refractivity contribution in [3.8, 4) is 0 Å². The molecule has 18 heavy (non-hydrogen) atoms. The maximum atomic E-state index is 13.8. The number of likely N-dealkylation sites (N-methyl/N-ethyl adjacent to an activating group) is 2. The minimum atomic E-state index is -0.450. The molecule has 4 nitrogen and oxygen atoms in total. The smallest absolute Gasteiger partial charge is 0.241 e. The van der Waals surface area contributed by atoms with Gasteiger partial charge in [-0.15, -0.1) is 0 Å². The summed E-state index contributed by atoms with van der Waals surface area (Å²) in [5, 5.41) is 0. The van der Waals surface area contributed by atoms with Crippen molar-refractivity contribution in [1.82, 2.24) is 4.90 Å². The molecule has 0 unspecified atom stereocenters. The number of halogens is 1. The molecule has 1 rings (SSSR count). The Kier molecular flexibility index (Phi) is 4.61. The number of nitrogens with zero attached hydrogens (tertiary/aromatic N) is 2. The molecule has 98 valence electrons. The van der Waals surface area contributed by atoms with Crippen molar-refractivity contribution >= 4 is 28.8 Å². The van der Waals surface area contributed by atoms with E-state index in [0.29, 0.717) is 11.3 Å². The van der Waals surface area contributed by atoms with Gasteiger partial charge in [-0.25, -0.2) is 4.39 Å². The van der Waals surface area contributed by atoms with E-state index in [4.69, 9.17) is 18.0 Å². The molecule has 2 N–H and O–H groups in total. The lowest BCUT2D eigenvalue weighted by molar-refractivity contribution is -0.127. The average molecular weight is 269 g/mol. The lowest BCUT2D eigenvalue weighted by atomic mass is 10.2. The van der Waals surface area contributed by atoms with Crippen LogP contribution < -0.4 is 10.6 Å². The summed E-state index contributed by atoms with van der Waals surface area (Å²) in [6.45, 7) is 0.107. The number of carbonyl (C=O) groups excluding carboxylic acids is 1. The molecule has 0 aliphatic heterocycles. The van der Waals surface area contributed by atoms with Crippen molar-refractivity contribution in [2.24, 2.45) is 5.73 Å². The maximum Gasteiger partial charge on any atom is 0.241 e. The lowest BCUT2D eigenvalue weighted by Crippen LogP contribution is -2.34. The van der Waals surface area contributed by atoms with Crippen LogP contribution in [-0.2, 0) is 4.79 Å². The molecule has 0 aromatic heterocycles. The SMILES string of the molecule is CN(C)C(=O)CN(C)c1ccc(C(N)=S)cc1F. The highest BCUT2D eigenvalue weighted by Crippen LogP contribution is 2.19. The van der Waals surface area contributed by atoms with Gasteiger partial charge in [-0.3, -0.25) is 4.79 Å². The van der Waals surface area contributed by atoms with E-state index in [0.717, 1.165) is 0 Å². The third-order valence-corrected chi connectivity index (χ3v) is 2.75. The van der Waals surface area contributed by atoms with Crippen molar-refractivity contribution in [3.63, 3.8) is 0 Å². The van der Waals surface area contributed by atoms with E-state index < -0.39 is 5.82 Å². The molecular weight excluding hydrogens is 253 g/mol. The first-order valence-electron chi connectivity index (χ1n) is 5.33. The zero-order valence-corrected chi connectivity index (χ0v) is 11.4. The van der Waals surface area contributed by atoms with Crippen molar-refractivity contribution in [3.05, 3.63) is 29.6 Å². The Hall–Kier alpha value is -1.69. The van der Waals surface area contributed by atoms with Crippen LogP contribution in [0.5, 0.6) is 0 Å². The first-order valence-corrected chi connectivity index (χ1v) is 5.74. The molecule has 0 saturated heterocycles. The molecule has 0 heterocycles. The van der Waals surface area contributed by atoms with Crippen LogP contribution in [0.1, 0.15) is 5.56 Å². The van der Waals surface area contributed by atoms with Crippen molar-refractivity contribution < 1.29 is 9.18 Å². The molecule has 1 aromatic rings. The van der Waals surface area contributed by atoms with E-state index in [-0.39, 0.29) is 17.4 Å². The van der Waals surface area contributed by atoms with E-state index in [9.17, 15) is 9.18 Å². The minimum absolute atomic E-state index is 0.102. The van der Waals surface area contributed by atoms with E-state index >= 15 is 0 Å². The van der Waals surface area contributed by atoms with Crippen molar-refractivity contribution in [1.29, 1.82) is 0 Å². The van der Waals surface area contributed by atoms with Gasteiger partial charge in [0.05, 0.1) is 12.2 Å². The molecule has 0 aliphatic carbocycles. The highest BCUT2D eigenvalue weighted by Gasteiger charge is 2.13. The minimum Gasteiger partial charge on any atom is -0.389 e. The molecule has 6 heteroatoms. The fourth-order valence-corrected chi connectivity index (χ4v) is 1.53. The quantitative estimate of drug-likeness (QED) is 0.828. The number of thiocarbonyl (C=S) groups is 1. The summed E-state index contributed by atoms with van der Waals surface area (Å²) < 4.78 is 13.8. The Morgan fingerprint density at radius 3 is 2.44 bits per heavy atom.